The number of aliphatic hydroxyl groups is 1. The van der Waals surface area contributed by atoms with Crippen molar-refractivity contribution >= 4 is 10.7 Å². The molecule has 0 aliphatic heterocycles. The molecule has 4 nitrogen and oxygen atoms in total. The fourth-order valence-electron chi connectivity index (χ4n) is 0.741. The molecule has 1 rings (SSSR count). The zero-order chi connectivity index (χ0) is 9.35. The monoisotopic (exact) mass is 190 g/mol. The van der Waals surface area contributed by atoms with E-state index < -0.39 is 16.3 Å². The third-order valence-electron chi connectivity index (χ3n) is 1.47. The van der Waals surface area contributed by atoms with E-state index in [1.807, 2.05) is 0 Å². The first kappa shape index (κ1) is 9.28. The maximum absolute atomic E-state index is 10.4. The molecule has 1 aromatic rings. The zero-order valence-electron chi connectivity index (χ0n) is 6.77. The predicted molar refractivity (Wildman–Crippen MR) is 42.5 cm³/mol. The van der Waals surface area contributed by atoms with Crippen LogP contribution in [-0.4, -0.2) is 13.5 Å². The van der Waals surface area contributed by atoms with E-state index in [1.54, 1.807) is 13.8 Å². The van der Waals surface area contributed by atoms with Crippen molar-refractivity contribution in [3.8, 4) is 0 Å². The second-order valence-corrected chi connectivity index (χ2v) is 3.94. The highest BCUT2D eigenvalue weighted by atomic mass is 32.2. The van der Waals surface area contributed by atoms with Crippen molar-refractivity contribution in [1.82, 2.24) is 0 Å². The van der Waals surface area contributed by atoms with E-state index in [1.165, 1.54) is 12.3 Å². The van der Waals surface area contributed by atoms with Crippen LogP contribution in [0.2, 0.25) is 0 Å². The molecule has 68 valence electrons. The Morgan fingerprint density at radius 2 is 2.08 bits per heavy atom. The van der Waals surface area contributed by atoms with Gasteiger partial charge in [0.15, 0.2) is 0 Å². The predicted octanol–water partition coefficient (Wildman–Crippen LogP) is 0.477. The third kappa shape index (κ3) is 1.86. The van der Waals surface area contributed by atoms with Gasteiger partial charge in [0.25, 0.3) is 0 Å². The molecule has 0 fully saturated rings. The van der Waals surface area contributed by atoms with E-state index in [4.69, 9.17) is 4.42 Å². The Morgan fingerprint density at radius 1 is 1.50 bits per heavy atom. The van der Waals surface area contributed by atoms with Gasteiger partial charge in [-0.05, 0) is 13.8 Å². The number of furan rings is 1. The molecule has 0 saturated heterocycles. The summed E-state index contributed by atoms with van der Waals surface area (Å²) in [4.78, 5) is 0. The van der Waals surface area contributed by atoms with Gasteiger partial charge in [-0.2, -0.15) is 0 Å². The van der Waals surface area contributed by atoms with Crippen LogP contribution in [0.3, 0.4) is 0 Å². The van der Waals surface area contributed by atoms with E-state index in [-0.39, 0.29) is 5.09 Å². The minimum atomic E-state index is -2.70. The lowest BCUT2D eigenvalue weighted by Crippen LogP contribution is -2.13. The fourth-order valence-corrected chi connectivity index (χ4v) is 1.12. The van der Waals surface area contributed by atoms with E-state index in [2.05, 4.69) is 0 Å². The highest BCUT2D eigenvalue weighted by Crippen LogP contribution is 2.22. The molecule has 1 N–H and O–H groups in total. The molecule has 0 aliphatic carbocycles. The van der Waals surface area contributed by atoms with E-state index in [9.17, 15) is 13.5 Å². The molecule has 0 unspecified atom stereocenters. The van der Waals surface area contributed by atoms with Gasteiger partial charge in [0.05, 0.1) is 11.9 Å². The van der Waals surface area contributed by atoms with Crippen molar-refractivity contribution in [2.75, 3.05) is 0 Å². The molecule has 12 heavy (non-hydrogen) atoms. The summed E-state index contributed by atoms with van der Waals surface area (Å²) in [5.74, 6) is 0. The summed E-state index contributed by atoms with van der Waals surface area (Å²) in [5.41, 5.74) is -0.607. The summed E-state index contributed by atoms with van der Waals surface area (Å²) >= 11 is 0. The van der Waals surface area contributed by atoms with Gasteiger partial charge in [-0.1, -0.05) is 0 Å². The number of thiol groups is 1. The molecular weight excluding hydrogens is 180 g/mol. The van der Waals surface area contributed by atoms with Crippen molar-refractivity contribution in [3.05, 3.63) is 17.9 Å². The van der Waals surface area contributed by atoms with Crippen molar-refractivity contribution < 1.29 is 17.9 Å². The molecule has 0 aromatic carbocycles. The van der Waals surface area contributed by atoms with Crippen LogP contribution in [-0.2, 0) is 16.3 Å². The standard InChI is InChI=1S/C7H10O4S/c1-7(2,8)5-3-6(11-4-5)12(9)10/h3-4,8,12H,1-2H3. The summed E-state index contributed by atoms with van der Waals surface area (Å²) in [5, 5.41) is 9.30. The highest BCUT2D eigenvalue weighted by molar-refractivity contribution is 7.72. The van der Waals surface area contributed by atoms with Crippen LogP contribution >= 0.6 is 0 Å². The normalized spacial score (nSPS) is 12.3. The Bertz CT molecular complexity index is 335. The minimum absolute atomic E-state index is 0.123. The minimum Gasteiger partial charge on any atom is -0.453 e. The van der Waals surface area contributed by atoms with Crippen LogP contribution in [0, 0.1) is 0 Å². The Morgan fingerprint density at radius 3 is 2.33 bits per heavy atom. The van der Waals surface area contributed by atoms with Gasteiger partial charge in [-0.15, -0.1) is 0 Å². The maximum Gasteiger partial charge on any atom is 0.215 e. The first-order valence-corrected chi connectivity index (χ1v) is 4.55. The van der Waals surface area contributed by atoms with Gasteiger partial charge >= 0.3 is 0 Å². The lowest BCUT2D eigenvalue weighted by molar-refractivity contribution is 0.0779. The average molecular weight is 190 g/mol. The quantitative estimate of drug-likeness (QED) is 0.665. The average Bonchev–Trinajstić information content (AvgIpc) is 2.30. The van der Waals surface area contributed by atoms with E-state index in [0.29, 0.717) is 5.56 Å². The first-order valence-electron chi connectivity index (χ1n) is 3.37. The van der Waals surface area contributed by atoms with Crippen LogP contribution < -0.4 is 0 Å². The summed E-state index contributed by atoms with van der Waals surface area (Å²) in [6.07, 6.45) is 1.24. The van der Waals surface area contributed by atoms with Gasteiger partial charge in [0, 0.05) is 11.6 Å². The Hall–Kier alpha value is -0.810. The lowest BCUT2D eigenvalue weighted by atomic mass is 10.0. The topological polar surface area (TPSA) is 67.5 Å². The molecule has 0 aliphatic rings. The smallest absolute Gasteiger partial charge is 0.215 e. The van der Waals surface area contributed by atoms with E-state index in [0.717, 1.165) is 0 Å². The molecule has 0 atom stereocenters. The van der Waals surface area contributed by atoms with Crippen LogP contribution in [0.1, 0.15) is 19.4 Å². The summed E-state index contributed by atoms with van der Waals surface area (Å²) in [7, 11) is -2.70. The van der Waals surface area contributed by atoms with Crippen LogP contribution in [0.5, 0.6) is 0 Å². The van der Waals surface area contributed by atoms with E-state index >= 15 is 0 Å². The first-order chi connectivity index (χ1) is 5.41. The van der Waals surface area contributed by atoms with Crippen LogP contribution in [0.4, 0.5) is 0 Å². The molecule has 0 spiro atoms. The molecule has 0 radical (unpaired) electrons. The Balaban J connectivity index is 3.08. The fraction of sp³-hybridized carbons (Fsp3) is 0.429. The molecule has 1 heterocycles. The zero-order valence-corrected chi connectivity index (χ0v) is 7.67. The largest absolute Gasteiger partial charge is 0.453 e. The summed E-state index contributed by atoms with van der Waals surface area (Å²) in [6, 6.07) is 1.31. The summed E-state index contributed by atoms with van der Waals surface area (Å²) in [6.45, 7) is 3.11. The van der Waals surface area contributed by atoms with Gasteiger partial charge in [-0.25, -0.2) is 8.42 Å². The molecule has 5 heteroatoms. The lowest BCUT2D eigenvalue weighted by Gasteiger charge is -2.13. The number of hydrogen-bond acceptors (Lipinski definition) is 4. The van der Waals surface area contributed by atoms with Gasteiger partial charge < -0.3 is 9.52 Å². The molecule has 1 aromatic heterocycles. The second kappa shape index (κ2) is 2.91. The number of hydrogen-bond donors (Lipinski definition) is 2. The van der Waals surface area contributed by atoms with Crippen molar-refractivity contribution in [2.24, 2.45) is 0 Å². The Kier molecular flexibility index (Phi) is 2.25. The van der Waals surface area contributed by atoms with Gasteiger partial charge in [0.1, 0.15) is 0 Å². The van der Waals surface area contributed by atoms with Crippen LogP contribution in [0.15, 0.2) is 21.8 Å². The summed E-state index contributed by atoms with van der Waals surface area (Å²) < 4.78 is 25.5. The SMILES string of the molecule is CC(C)(O)c1coc([SH](=O)=O)c1. The van der Waals surface area contributed by atoms with Crippen molar-refractivity contribution in [3.63, 3.8) is 0 Å². The van der Waals surface area contributed by atoms with Gasteiger partial charge in [-0.3, -0.25) is 0 Å². The Labute approximate surface area is 71.8 Å². The third-order valence-corrected chi connectivity index (χ3v) is 2.07. The molecule has 0 bridgehead atoms. The highest BCUT2D eigenvalue weighted by Gasteiger charge is 2.19. The maximum atomic E-state index is 10.4. The van der Waals surface area contributed by atoms with Gasteiger partial charge in [0.2, 0.25) is 15.8 Å². The van der Waals surface area contributed by atoms with Crippen molar-refractivity contribution in [2.45, 2.75) is 24.5 Å². The molecule has 0 saturated carbocycles. The second-order valence-electron chi connectivity index (χ2n) is 2.99. The molecule has 0 amide bonds. The van der Waals surface area contributed by atoms with Crippen molar-refractivity contribution in [1.29, 1.82) is 0 Å². The number of rotatable bonds is 2. The molecular formula is C7H10O4S. The van der Waals surface area contributed by atoms with Crippen LogP contribution in [0.25, 0.3) is 0 Å².